The Morgan fingerprint density at radius 1 is 1.00 bits per heavy atom. The monoisotopic (exact) mass is 120 g/mol. The van der Waals surface area contributed by atoms with E-state index in [1.54, 1.807) is 0 Å². The molecule has 2 radical (unpaired) electrons. The van der Waals surface area contributed by atoms with Crippen molar-refractivity contribution in [2.45, 2.75) is 0 Å². The molecule has 4 heteroatoms. The van der Waals surface area contributed by atoms with E-state index < -0.39 is 0 Å². The zero-order chi connectivity index (χ0) is 3.41. The van der Waals surface area contributed by atoms with Crippen molar-refractivity contribution in [2.24, 2.45) is 0 Å². The van der Waals surface area contributed by atoms with Gasteiger partial charge in [-0.05, 0) is 36.6 Å². The van der Waals surface area contributed by atoms with Crippen molar-refractivity contribution in [3.05, 3.63) is 0 Å². The van der Waals surface area contributed by atoms with Gasteiger partial charge in [0.25, 0.3) is 0 Å². The summed E-state index contributed by atoms with van der Waals surface area (Å²) in [5.74, 6) is 0. The second kappa shape index (κ2) is 3.87. The van der Waals surface area contributed by atoms with E-state index in [9.17, 15) is 0 Å². The van der Waals surface area contributed by atoms with Gasteiger partial charge in [0.2, 0.25) is 0 Å². The summed E-state index contributed by atoms with van der Waals surface area (Å²) in [5, 5.41) is 0. The molecule has 0 fully saturated rings. The van der Waals surface area contributed by atoms with Crippen LogP contribution in [0.2, 0.25) is 0 Å². The predicted octanol–water partition coefficient (Wildman–Crippen LogP) is -3.66. The maximum Gasteiger partial charge on any atom is -0.00934 e. The minimum atomic E-state index is 0.603. The van der Waals surface area contributed by atoms with Gasteiger partial charge in [0.05, 0.1) is 0 Å². The number of hydrogen-bond donors (Lipinski definition) is 0. The van der Waals surface area contributed by atoms with Crippen molar-refractivity contribution < 1.29 is 0 Å². The molecule has 24 valence electrons. The molecule has 0 unspecified atom stereocenters. The topological polar surface area (TPSA) is 0 Å². The molecular formula is H8Si4. The lowest BCUT2D eigenvalue weighted by atomic mass is 26.5. The second-order valence-corrected chi connectivity index (χ2v) is 19.1. The zero-order valence-corrected chi connectivity index (χ0v) is 8.49. The Morgan fingerprint density at radius 2 is 1.25 bits per heavy atom. The molecule has 0 rings (SSSR count). The smallest absolute Gasteiger partial charge is 0.00934 e. The second-order valence-electron chi connectivity index (χ2n) is 0.707. The van der Waals surface area contributed by atoms with Crippen molar-refractivity contribution >= 4 is 36.6 Å². The average Bonchev–Trinajstić information content (AvgIpc) is 1.37. The molecule has 0 bridgehead atoms. The Morgan fingerprint density at radius 3 is 1.25 bits per heavy atom. The summed E-state index contributed by atoms with van der Waals surface area (Å²) in [5.41, 5.74) is 0. The van der Waals surface area contributed by atoms with Crippen LogP contribution in [0.25, 0.3) is 0 Å². The van der Waals surface area contributed by atoms with Gasteiger partial charge in [-0.25, -0.2) is 0 Å². The Bertz CT molecular complexity index is 2.00. The molecule has 0 nitrogen and oxygen atoms in total. The van der Waals surface area contributed by atoms with Gasteiger partial charge in [-0.15, -0.1) is 0 Å². The van der Waals surface area contributed by atoms with Crippen LogP contribution in [0.1, 0.15) is 0 Å². The summed E-state index contributed by atoms with van der Waals surface area (Å²) in [7, 11) is 5.67. The molecule has 0 N–H and O–H groups in total. The zero-order valence-electron chi connectivity index (χ0n) is 2.83. The summed E-state index contributed by atoms with van der Waals surface area (Å²) in [6.45, 7) is 0. The molecule has 4 heavy (non-hydrogen) atoms. The van der Waals surface area contributed by atoms with Crippen LogP contribution in [-0.2, 0) is 0 Å². The fraction of sp³-hybridized carbons (Fsp3) is 0. The molecule has 0 amide bonds. The maximum absolute atomic E-state index is 2.23. The number of hydrogen-bond acceptors (Lipinski definition) is 0. The van der Waals surface area contributed by atoms with Crippen LogP contribution in [0.5, 0.6) is 0 Å². The summed E-state index contributed by atoms with van der Waals surface area (Å²) in [4.78, 5) is 0. The van der Waals surface area contributed by atoms with E-state index in [-0.39, 0.29) is 0 Å². The highest BCUT2D eigenvalue weighted by atomic mass is 29.7. The summed E-state index contributed by atoms with van der Waals surface area (Å²) in [6, 6.07) is 0. The third-order valence-corrected chi connectivity index (χ3v) is 20.2. The molecule has 0 aliphatic heterocycles. The molecule has 0 aromatic rings. The lowest BCUT2D eigenvalue weighted by Gasteiger charge is -1.63. The molecule has 0 heterocycles. The lowest BCUT2D eigenvalue weighted by molar-refractivity contribution is 4.14. The first kappa shape index (κ1) is 4.87. The molecule has 0 aromatic carbocycles. The van der Waals surface area contributed by atoms with Crippen LogP contribution in [0.4, 0.5) is 0 Å². The molecule has 0 atom stereocenters. The highest BCUT2D eigenvalue weighted by Crippen LogP contribution is 1.24. The first-order valence-electron chi connectivity index (χ1n) is 1.50. The van der Waals surface area contributed by atoms with Gasteiger partial charge in [0.1, 0.15) is 0 Å². The van der Waals surface area contributed by atoms with E-state index in [4.69, 9.17) is 0 Å². The minimum Gasteiger partial charge on any atom is -0.00934 e. The van der Waals surface area contributed by atoms with Gasteiger partial charge in [0, 0.05) is 0 Å². The van der Waals surface area contributed by atoms with Crippen molar-refractivity contribution in [3.63, 3.8) is 0 Å². The Labute approximate surface area is 37.2 Å². The van der Waals surface area contributed by atoms with Gasteiger partial charge >= 0.3 is 0 Å². The highest BCUT2D eigenvalue weighted by Gasteiger charge is 1.61. The van der Waals surface area contributed by atoms with Gasteiger partial charge in [0.15, 0.2) is 0 Å². The first-order valence-corrected chi connectivity index (χ1v) is 13.5. The Kier molecular flexibility index (Phi) is 4.71. The summed E-state index contributed by atoms with van der Waals surface area (Å²) in [6.07, 6.45) is 0. The van der Waals surface area contributed by atoms with E-state index >= 15 is 0 Å². The van der Waals surface area contributed by atoms with Gasteiger partial charge in [-0.2, -0.15) is 0 Å². The van der Waals surface area contributed by atoms with E-state index in [0.717, 1.165) is 0 Å². The minimum absolute atomic E-state index is 0.603. The fourth-order valence-corrected chi connectivity index (χ4v) is 0. The van der Waals surface area contributed by atoms with Crippen molar-refractivity contribution in [3.8, 4) is 0 Å². The van der Waals surface area contributed by atoms with Gasteiger partial charge in [-0.3, -0.25) is 0 Å². The quantitative estimate of drug-likeness (QED) is 0.313. The molecule has 0 saturated heterocycles. The first-order chi connectivity index (χ1) is 1.91. The molecule has 0 aromatic heterocycles. The van der Waals surface area contributed by atoms with Gasteiger partial charge in [-0.1, -0.05) is 0 Å². The van der Waals surface area contributed by atoms with Crippen LogP contribution in [0, 0.1) is 0 Å². The van der Waals surface area contributed by atoms with Crippen molar-refractivity contribution in [2.75, 3.05) is 0 Å². The summed E-state index contributed by atoms with van der Waals surface area (Å²) >= 11 is 0. The standard InChI is InChI=1S/H8Si4/c1-3-4-2/h1-4H2. The Balaban J connectivity index is 1.97. The third-order valence-electron chi connectivity index (χ3n) is 0.250. The van der Waals surface area contributed by atoms with Crippen LogP contribution in [0.15, 0.2) is 0 Å². The predicted molar refractivity (Wildman–Crippen MR) is 34.2 cm³/mol. The van der Waals surface area contributed by atoms with Crippen molar-refractivity contribution in [1.82, 2.24) is 0 Å². The molecule has 0 aliphatic carbocycles. The molecule has 0 spiro atoms. The van der Waals surface area contributed by atoms with Gasteiger partial charge < -0.3 is 0 Å². The van der Waals surface area contributed by atoms with E-state index in [0.29, 0.717) is 17.1 Å². The van der Waals surface area contributed by atoms with E-state index in [2.05, 4.69) is 19.5 Å². The van der Waals surface area contributed by atoms with Crippen LogP contribution >= 0.6 is 0 Å². The van der Waals surface area contributed by atoms with Crippen molar-refractivity contribution in [1.29, 1.82) is 0 Å². The summed E-state index contributed by atoms with van der Waals surface area (Å²) < 4.78 is 0. The van der Waals surface area contributed by atoms with E-state index in [1.807, 2.05) is 0 Å². The van der Waals surface area contributed by atoms with Crippen LogP contribution in [0.3, 0.4) is 0 Å². The molecule has 0 aliphatic rings. The normalized spacial score (nSPS) is 13.5. The largest absolute Gasteiger partial charge is 0.00934 e. The Hall–Kier alpha value is 0.868. The fourth-order valence-electron chi connectivity index (χ4n) is 0. The average molecular weight is 120 g/mol. The van der Waals surface area contributed by atoms with E-state index in [1.165, 1.54) is 0 Å². The number of rotatable bonds is 1. The molecule has 0 saturated carbocycles. The van der Waals surface area contributed by atoms with Crippen LogP contribution in [-0.4, -0.2) is 36.6 Å². The third kappa shape index (κ3) is 2.87. The lowest BCUT2D eigenvalue weighted by Crippen LogP contribution is -2.00. The SMILES string of the molecule is [SiH2][SiH2][SiH2][SiH2]. The highest BCUT2D eigenvalue weighted by molar-refractivity contribution is 7.37. The van der Waals surface area contributed by atoms with Crippen LogP contribution < -0.4 is 0 Å². The molecular weight excluding hydrogens is 112 g/mol. The maximum atomic E-state index is 2.23.